The number of amidine groups is 1. The second-order valence-electron chi connectivity index (χ2n) is 11.9. The van der Waals surface area contributed by atoms with Gasteiger partial charge in [0.2, 0.25) is 0 Å². The number of carbonyl (C=O) groups excluding carboxylic acids is 1. The summed E-state index contributed by atoms with van der Waals surface area (Å²) in [5.74, 6) is -0.0260. The maximum atomic E-state index is 16.7. The first-order chi connectivity index (χ1) is 16.9. The molecule has 0 fully saturated rings. The SMILES string of the molecule is CC[Si](CC)(CC)c1cc(Br)nc([C@@](C)(N=C(NC(=O)OC(C)(C)C)C(C)(C)C)[C@@H]2CCN=S2O)c1F. The summed E-state index contributed by atoms with van der Waals surface area (Å²) in [6, 6.07) is 4.54. The Morgan fingerprint density at radius 3 is 2.22 bits per heavy atom. The standard InChI is InChI=1S/C26H44BrFN4O3SSi/c1-11-37(12-2,13-3)17-16-19(27)30-21(20(17)28)26(10,18-14-15-29-36(18)34)32-22(24(4,5)6)31-23(33)35-25(7,8)9/h16,18H,11-15H2,1-10H3,(H,29,34)(H,31,32,33)/t18-,26-,36?/m0/s1. The second-order valence-corrected chi connectivity index (χ2v) is 19.3. The van der Waals surface area contributed by atoms with E-state index in [1.54, 1.807) is 27.7 Å². The maximum absolute atomic E-state index is 16.7. The predicted octanol–water partition coefficient (Wildman–Crippen LogP) is 6.93. The molecule has 37 heavy (non-hydrogen) atoms. The minimum atomic E-state index is -2.13. The molecule has 0 aromatic carbocycles. The predicted molar refractivity (Wildman–Crippen MR) is 158 cm³/mol. The van der Waals surface area contributed by atoms with E-state index in [4.69, 9.17) is 9.73 Å². The minimum absolute atomic E-state index is 0.172. The van der Waals surface area contributed by atoms with Crippen LogP contribution in [0.4, 0.5) is 9.18 Å². The third-order valence-electron chi connectivity index (χ3n) is 7.18. The largest absolute Gasteiger partial charge is 0.444 e. The number of hydrogen-bond donors (Lipinski definition) is 2. The fourth-order valence-electron chi connectivity index (χ4n) is 4.78. The van der Waals surface area contributed by atoms with Crippen molar-refractivity contribution in [3.8, 4) is 0 Å². The summed E-state index contributed by atoms with van der Waals surface area (Å²) in [5, 5.41) is 3.05. The lowest BCUT2D eigenvalue weighted by molar-refractivity contribution is 0.0558. The fraction of sp³-hybridized carbons (Fsp3) is 0.731. The molecule has 2 heterocycles. The topological polar surface area (TPSA) is 96.2 Å². The van der Waals surface area contributed by atoms with Crippen LogP contribution < -0.4 is 10.5 Å². The molecule has 0 saturated carbocycles. The van der Waals surface area contributed by atoms with Crippen LogP contribution in [-0.2, 0) is 21.2 Å². The van der Waals surface area contributed by atoms with E-state index in [0.717, 1.165) is 23.3 Å². The van der Waals surface area contributed by atoms with Gasteiger partial charge in [0.15, 0.2) is 0 Å². The van der Waals surface area contributed by atoms with Crippen molar-refractivity contribution < 1.29 is 18.5 Å². The number of nitrogens with one attached hydrogen (secondary N) is 1. The molecule has 2 rings (SSSR count). The molecule has 2 N–H and O–H groups in total. The Morgan fingerprint density at radius 1 is 1.22 bits per heavy atom. The number of carbonyl (C=O) groups is 1. The molecular formula is C26H44BrFN4O3SSi. The van der Waals surface area contributed by atoms with Crippen molar-refractivity contribution in [3.05, 3.63) is 22.2 Å². The molecule has 210 valence electrons. The summed E-state index contributed by atoms with van der Waals surface area (Å²) in [7, 11) is -3.47. The van der Waals surface area contributed by atoms with E-state index in [9.17, 15) is 9.35 Å². The van der Waals surface area contributed by atoms with Gasteiger partial charge in [0.25, 0.3) is 0 Å². The zero-order valence-electron chi connectivity index (χ0n) is 24.0. The van der Waals surface area contributed by atoms with Gasteiger partial charge in [-0.15, -0.1) is 0 Å². The second kappa shape index (κ2) is 11.9. The van der Waals surface area contributed by atoms with Crippen molar-refractivity contribution >= 4 is 52.1 Å². The molecule has 1 unspecified atom stereocenters. The Kier molecular flexibility index (Phi) is 10.3. The van der Waals surface area contributed by atoms with Crippen LogP contribution in [0.1, 0.15) is 81.4 Å². The molecule has 0 radical (unpaired) electrons. The van der Waals surface area contributed by atoms with Gasteiger partial charge in [-0.05, 0) is 61.3 Å². The van der Waals surface area contributed by atoms with Crippen molar-refractivity contribution in [1.29, 1.82) is 0 Å². The molecule has 1 amide bonds. The van der Waals surface area contributed by atoms with E-state index in [1.807, 2.05) is 26.8 Å². The number of nitrogens with zero attached hydrogens (tertiary/aromatic N) is 3. The molecule has 0 aliphatic carbocycles. The normalized spacial score (nSPS) is 20.8. The number of alkyl carbamates (subject to hydrolysis) is 1. The highest BCUT2D eigenvalue weighted by atomic mass is 79.9. The zero-order valence-corrected chi connectivity index (χ0v) is 27.4. The lowest BCUT2D eigenvalue weighted by atomic mass is 9.88. The first kappa shape index (κ1) is 32.0. The first-order valence-corrected chi connectivity index (χ1v) is 17.6. The van der Waals surface area contributed by atoms with Gasteiger partial charge in [0, 0.05) is 22.9 Å². The minimum Gasteiger partial charge on any atom is -0.444 e. The number of aromatic nitrogens is 1. The van der Waals surface area contributed by atoms with Crippen molar-refractivity contribution in [2.45, 2.75) is 110 Å². The molecule has 0 bridgehead atoms. The van der Waals surface area contributed by atoms with Gasteiger partial charge >= 0.3 is 6.09 Å². The van der Waals surface area contributed by atoms with Gasteiger partial charge < -0.3 is 9.29 Å². The highest BCUT2D eigenvalue weighted by Crippen LogP contribution is 2.39. The van der Waals surface area contributed by atoms with Gasteiger partial charge in [0.1, 0.15) is 33.1 Å². The van der Waals surface area contributed by atoms with Crippen LogP contribution in [0.15, 0.2) is 20.0 Å². The van der Waals surface area contributed by atoms with Crippen LogP contribution in [0.3, 0.4) is 0 Å². The Balaban J connectivity index is 2.85. The highest BCUT2D eigenvalue weighted by molar-refractivity contribution is 9.10. The van der Waals surface area contributed by atoms with Crippen molar-refractivity contribution in [1.82, 2.24) is 10.3 Å². The molecule has 1 aromatic rings. The van der Waals surface area contributed by atoms with Gasteiger partial charge in [0.05, 0.1) is 13.3 Å². The Bertz CT molecular complexity index is 1060. The average Bonchev–Trinajstić information content (AvgIpc) is 3.21. The van der Waals surface area contributed by atoms with E-state index in [-0.39, 0.29) is 11.5 Å². The number of hydrogen-bond acceptors (Lipinski definition) is 5. The lowest BCUT2D eigenvalue weighted by Crippen LogP contribution is -2.51. The molecule has 0 saturated heterocycles. The third kappa shape index (κ3) is 7.27. The number of halogens is 2. The number of ether oxygens (including phenoxy) is 1. The van der Waals surface area contributed by atoms with Crippen LogP contribution in [0.2, 0.25) is 18.1 Å². The highest BCUT2D eigenvalue weighted by Gasteiger charge is 2.47. The van der Waals surface area contributed by atoms with Crippen LogP contribution in [-0.4, -0.2) is 46.9 Å². The first-order valence-electron chi connectivity index (χ1n) is 13.0. The van der Waals surface area contributed by atoms with Crippen molar-refractivity contribution in [3.63, 3.8) is 0 Å². The van der Waals surface area contributed by atoms with Crippen LogP contribution in [0.25, 0.3) is 0 Å². The molecule has 1 aliphatic heterocycles. The summed E-state index contributed by atoms with van der Waals surface area (Å²) in [6.45, 7) is 19.8. The number of rotatable bonds is 7. The van der Waals surface area contributed by atoms with E-state index in [1.165, 1.54) is 0 Å². The fourth-order valence-corrected chi connectivity index (χ4v) is 10.4. The van der Waals surface area contributed by atoms with Gasteiger partial charge in [-0.1, -0.05) is 59.7 Å². The molecule has 1 aromatic heterocycles. The zero-order chi connectivity index (χ0) is 28.4. The third-order valence-corrected chi connectivity index (χ3v) is 14.8. The monoisotopic (exact) mass is 618 g/mol. The Morgan fingerprint density at radius 2 is 1.78 bits per heavy atom. The maximum Gasteiger partial charge on any atom is 0.413 e. The molecule has 1 aliphatic rings. The molecule has 7 nitrogen and oxygen atoms in total. The van der Waals surface area contributed by atoms with E-state index >= 15 is 4.39 Å². The number of pyridine rings is 1. The summed E-state index contributed by atoms with van der Waals surface area (Å²) in [4.78, 5) is 22.5. The molecular weight excluding hydrogens is 575 g/mol. The van der Waals surface area contributed by atoms with Gasteiger partial charge in [-0.2, -0.15) is 0 Å². The molecule has 0 spiro atoms. The lowest BCUT2D eigenvalue weighted by Gasteiger charge is -2.36. The average molecular weight is 620 g/mol. The Labute approximate surface area is 233 Å². The van der Waals surface area contributed by atoms with Crippen LogP contribution >= 0.6 is 15.9 Å². The number of amides is 1. The van der Waals surface area contributed by atoms with E-state index in [2.05, 4.69) is 51.4 Å². The van der Waals surface area contributed by atoms with Crippen LogP contribution in [0, 0.1) is 11.2 Å². The van der Waals surface area contributed by atoms with Crippen molar-refractivity contribution in [2.24, 2.45) is 14.8 Å². The van der Waals surface area contributed by atoms with Gasteiger partial charge in [-0.3, -0.25) is 10.3 Å². The Hall–Kier alpha value is -1.17. The van der Waals surface area contributed by atoms with E-state index in [0.29, 0.717) is 23.4 Å². The summed E-state index contributed by atoms with van der Waals surface area (Å²) < 4.78 is 37.9. The smallest absolute Gasteiger partial charge is 0.413 e. The number of aliphatic imine (C=N–C) groups is 1. The van der Waals surface area contributed by atoms with Gasteiger partial charge in [-0.25, -0.2) is 18.5 Å². The van der Waals surface area contributed by atoms with Crippen LogP contribution in [0.5, 0.6) is 0 Å². The summed E-state index contributed by atoms with van der Waals surface area (Å²) in [6.07, 6.45) is -0.106. The quantitative estimate of drug-likeness (QED) is 0.150. The molecule has 11 heteroatoms. The van der Waals surface area contributed by atoms with Crippen molar-refractivity contribution in [2.75, 3.05) is 6.54 Å². The summed E-state index contributed by atoms with van der Waals surface area (Å²) in [5.41, 5.74) is -2.42. The molecule has 3 atom stereocenters. The summed E-state index contributed by atoms with van der Waals surface area (Å²) >= 11 is 3.55. The van der Waals surface area contributed by atoms with E-state index < -0.39 is 46.9 Å².